The monoisotopic (exact) mass is 231 g/mol. The van der Waals surface area contributed by atoms with Crippen LogP contribution in [0.25, 0.3) is 0 Å². The molecule has 0 unspecified atom stereocenters. The molecule has 0 saturated carbocycles. The minimum Gasteiger partial charge on any atom is -0.274 e. The molecule has 0 saturated heterocycles. The number of nitrogens with zero attached hydrogens (tertiary/aromatic N) is 1. The van der Waals surface area contributed by atoms with Gasteiger partial charge in [0.15, 0.2) is 0 Å². The summed E-state index contributed by atoms with van der Waals surface area (Å²) < 4.78 is 13.4. The van der Waals surface area contributed by atoms with E-state index in [-0.39, 0.29) is 5.57 Å². The van der Waals surface area contributed by atoms with E-state index in [4.69, 9.17) is 11.6 Å². The molecule has 82 valence electrons. The first-order valence-electron chi connectivity index (χ1n) is 4.30. The van der Waals surface area contributed by atoms with Crippen molar-refractivity contribution in [1.82, 2.24) is 5.06 Å². The Labute approximate surface area is 92.4 Å². The molecule has 0 aromatic carbocycles. The summed E-state index contributed by atoms with van der Waals surface area (Å²) in [7, 11) is 2.75. The lowest BCUT2D eigenvalue weighted by Gasteiger charge is -2.14. The van der Waals surface area contributed by atoms with Gasteiger partial charge in [-0.15, -0.1) is 0 Å². The number of hydroxylamine groups is 2. The molecular formula is C10H11ClFNO2. The van der Waals surface area contributed by atoms with Gasteiger partial charge in [-0.3, -0.25) is 9.63 Å². The summed E-state index contributed by atoms with van der Waals surface area (Å²) in [6.07, 6.45) is 4.38. The number of hydrogen-bond acceptors (Lipinski definition) is 2. The minimum absolute atomic E-state index is 0.0359. The van der Waals surface area contributed by atoms with Crippen LogP contribution in [0.15, 0.2) is 34.7 Å². The van der Waals surface area contributed by atoms with E-state index in [0.717, 1.165) is 5.06 Å². The van der Waals surface area contributed by atoms with Gasteiger partial charge in [0.25, 0.3) is 5.91 Å². The van der Waals surface area contributed by atoms with Gasteiger partial charge in [-0.25, -0.2) is 9.45 Å². The van der Waals surface area contributed by atoms with E-state index in [1.54, 1.807) is 0 Å². The first-order chi connectivity index (χ1) is 7.06. The smallest absolute Gasteiger partial charge is 0.274 e. The van der Waals surface area contributed by atoms with E-state index in [2.05, 4.69) is 4.84 Å². The predicted octanol–water partition coefficient (Wildman–Crippen LogP) is 2.31. The van der Waals surface area contributed by atoms with Crippen LogP contribution in [0.1, 0.15) is 6.42 Å². The van der Waals surface area contributed by atoms with Gasteiger partial charge in [-0.1, -0.05) is 17.7 Å². The molecule has 0 spiro atoms. The maximum Gasteiger partial charge on any atom is 0.279 e. The van der Waals surface area contributed by atoms with Gasteiger partial charge in [-0.05, 0) is 12.2 Å². The number of carbonyl (C=O) groups is 1. The van der Waals surface area contributed by atoms with Gasteiger partial charge in [0.1, 0.15) is 5.83 Å². The lowest BCUT2D eigenvalue weighted by Crippen LogP contribution is -2.27. The van der Waals surface area contributed by atoms with Crippen LogP contribution >= 0.6 is 11.6 Å². The highest BCUT2D eigenvalue weighted by molar-refractivity contribution is 6.29. The maximum atomic E-state index is 13.4. The molecule has 1 amide bonds. The summed E-state index contributed by atoms with van der Waals surface area (Å²) in [5, 5.41) is 1.44. The van der Waals surface area contributed by atoms with Crippen molar-refractivity contribution < 1.29 is 14.0 Å². The first-order valence-corrected chi connectivity index (χ1v) is 4.68. The van der Waals surface area contributed by atoms with E-state index in [9.17, 15) is 9.18 Å². The van der Waals surface area contributed by atoms with Crippen molar-refractivity contribution in [2.45, 2.75) is 6.42 Å². The summed E-state index contributed by atoms with van der Waals surface area (Å²) in [4.78, 5) is 16.3. The molecule has 0 heterocycles. The number of hydrogen-bond donors (Lipinski definition) is 0. The molecule has 15 heavy (non-hydrogen) atoms. The molecule has 1 aliphatic rings. The second kappa shape index (κ2) is 5.09. The van der Waals surface area contributed by atoms with Crippen LogP contribution < -0.4 is 0 Å². The van der Waals surface area contributed by atoms with Crippen LogP contribution in [0.4, 0.5) is 4.39 Å². The van der Waals surface area contributed by atoms with Crippen molar-refractivity contribution in [2.75, 3.05) is 14.2 Å². The molecule has 1 aliphatic carbocycles. The zero-order valence-corrected chi connectivity index (χ0v) is 9.21. The van der Waals surface area contributed by atoms with E-state index in [1.807, 2.05) is 0 Å². The van der Waals surface area contributed by atoms with Crippen LogP contribution in [0, 0.1) is 0 Å². The van der Waals surface area contributed by atoms with Crippen LogP contribution in [-0.2, 0) is 9.63 Å². The fourth-order valence-electron chi connectivity index (χ4n) is 1.06. The van der Waals surface area contributed by atoms with Gasteiger partial charge in [0, 0.05) is 18.5 Å². The number of halogens is 2. The summed E-state index contributed by atoms with van der Waals surface area (Å²) in [5.74, 6) is -1.15. The SMILES string of the molecule is CON(C)C(=O)C1=CCC(Cl)=CC=C1F. The highest BCUT2D eigenvalue weighted by atomic mass is 35.5. The van der Waals surface area contributed by atoms with Crippen LogP contribution in [0.5, 0.6) is 0 Å². The average molecular weight is 232 g/mol. The Morgan fingerprint density at radius 2 is 2.27 bits per heavy atom. The van der Waals surface area contributed by atoms with Crippen molar-refractivity contribution in [3.8, 4) is 0 Å². The zero-order chi connectivity index (χ0) is 11.4. The van der Waals surface area contributed by atoms with Gasteiger partial charge in [-0.2, -0.15) is 0 Å². The highest BCUT2D eigenvalue weighted by Gasteiger charge is 2.19. The molecular weight excluding hydrogens is 221 g/mol. The Balaban J connectivity index is 2.92. The molecule has 0 aromatic rings. The minimum atomic E-state index is -0.612. The fourth-order valence-corrected chi connectivity index (χ4v) is 1.20. The summed E-state index contributed by atoms with van der Waals surface area (Å²) in [6, 6.07) is 0. The van der Waals surface area contributed by atoms with Crippen LogP contribution in [0.3, 0.4) is 0 Å². The molecule has 1 rings (SSSR count). The number of carbonyl (C=O) groups excluding carboxylic acids is 1. The normalized spacial score (nSPS) is 16.1. The summed E-state index contributed by atoms with van der Waals surface area (Å²) in [5.41, 5.74) is -0.0359. The maximum absolute atomic E-state index is 13.4. The zero-order valence-electron chi connectivity index (χ0n) is 8.46. The van der Waals surface area contributed by atoms with Gasteiger partial charge in [0.2, 0.25) is 0 Å². The van der Waals surface area contributed by atoms with Gasteiger partial charge < -0.3 is 0 Å². The fraction of sp³-hybridized carbons (Fsp3) is 0.300. The third-order valence-electron chi connectivity index (χ3n) is 1.96. The van der Waals surface area contributed by atoms with E-state index < -0.39 is 11.7 Å². The van der Waals surface area contributed by atoms with Crippen LogP contribution in [0.2, 0.25) is 0 Å². The number of amides is 1. The molecule has 0 bridgehead atoms. The average Bonchev–Trinajstić information content (AvgIpc) is 2.39. The number of likely N-dealkylation sites (N-methyl/N-ethyl adjacent to an activating group) is 1. The van der Waals surface area contributed by atoms with E-state index in [1.165, 1.54) is 32.4 Å². The van der Waals surface area contributed by atoms with Gasteiger partial charge >= 0.3 is 0 Å². The molecule has 0 atom stereocenters. The van der Waals surface area contributed by atoms with Crippen LogP contribution in [-0.4, -0.2) is 25.1 Å². The van der Waals surface area contributed by atoms with E-state index >= 15 is 0 Å². The molecule has 5 heteroatoms. The third-order valence-corrected chi connectivity index (χ3v) is 2.24. The van der Waals surface area contributed by atoms with Gasteiger partial charge in [0.05, 0.1) is 12.7 Å². The quantitative estimate of drug-likeness (QED) is 0.683. The van der Waals surface area contributed by atoms with Crippen molar-refractivity contribution in [3.05, 3.63) is 34.7 Å². The second-order valence-electron chi connectivity index (χ2n) is 2.94. The molecule has 0 N–H and O–H groups in total. The molecule has 0 aromatic heterocycles. The summed E-state index contributed by atoms with van der Waals surface area (Å²) >= 11 is 5.72. The van der Waals surface area contributed by atoms with Crippen molar-refractivity contribution in [1.29, 1.82) is 0 Å². The lowest BCUT2D eigenvalue weighted by molar-refractivity contribution is -0.163. The standard InChI is InChI=1S/C10H11ClFNO2/c1-13(15-2)10(14)8-5-3-7(11)4-6-9(8)12/h4-6H,3H2,1-2H3. The summed E-state index contributed by atoms with van der Waals surface area (Å²) in [6.45, 7) is 0. The molecule has 0 radical (unpaired) electrons. The highest BCUT2D eigenvalue weighted by Crippen LogP contribution is 2.22. The van der Waals surface area contributed by atoms with Crippen molar-refractivity contribution in [3.63, 3.8) is 0 Å². The Morgan fingerprint density at radius 1 is 1.60 bits per heavy atom. The largest absolute Gasteiger partial charge is 0.279 e. The third kappa shape index (κ3) is 2.91. The number of rotatable bonds is 2. The predicted molar refractivity (Wildman–Crippen MR) is 55.6 cm³/mol. The Bertz CT molecular complexity index is 360. The Morgan fingerprint density at radius 3 is 2.87 bits per heavy atom. The first kappa shape index (κ1) is 11.9. The topological polar surface area (TPSA) is 29.5 Å². The molecule has 0 fully saturated rings. The second-order valence-corrected chi connectivity index (χ2v) is 3.42. The number of allylic oxidation sites excluding steroid dienone is 4. The van der Waals surface area contributed by atoms with Crippen molar-refractivity contribution >= 4 is 17.5 Å². The van der Waals surface area contributed by atoms with E-state index in [0.29, 0.717) is 11.5 Å². The Kier molecular flexibility index (Phi) is 4.05. The molecule has 0 aliphatic heterocycles. The van der Waals surface area contributed by atoms with Crippen molar-refractivity contribution in [2.24, 2.45) is 0 Å². The lowest BCUT2D eigenvalue weighted by atomic mass is 10.2. The molecule has 3 nitrogen and oxygen atoms in total. The Hall–Kier alpha value is -1.13.